The minimum Gasteiger partial charge on any atom is -0.507 e. The van der Waals surface area contributed by atoms with Crippen LogP contribution < -0.4 is 23.7 Å². The standard InChI is InChI=1S/C29H27NO8/c1-34-22-14-19(15-23(35-2)28(22)36-3)25-24(26(31)18-9-10-20-21(13-18)38-12-11-37-20)27(32)29(33)30(25)16-17-7-5-4-6-8-17/h4-10,13-15,25,31H,11-12,16H2,1-3H3. The summed E-state index contributed by atoms with van der Waals surface area (Å²) in [5.74, 6) is 0.207. The van der Waals surface area contributed by atoms with Crippen LogP contribution in [0.5, 0.6) is 28.7 Å². The van der Waals surface area contributed by atoms with Crippen molar-refractivity contribution in [2.24, 2.45) is 0 Å². The van der Waals surface area contributed by atoms with Crippen molar-refractivity contribution >= 4 is 17.4 Å². The van der Waals surface area contributed by atoms with Crippen LogP contribution in [0.4, 0.5) is 0 Å². The van der Waals surface area contributed by atoms with Gasteiger partial charge < -0.3 is 33.7 Å². The van der Waals surface area contributed by atoms with Gasteiger partial charge >= 0.3 is 0 Å². The summed E-state index contributed by atoms with van der Waals surface area (Å²) < 4.78 is 27.7. The normalized spacial score (nSPS) is 17.9. The Labute approximate surface area is 219 Å². The minimum absolute atomic E-state index is 0.0584. The topological polar surface area (TPSA) is 104 Å². The molecule has 2 aliphatic rings. The summed E-state index contributed by atoms with van der Waals surface area (Å²) in [6.45, 7) is 0.929. The van der Waals surface area contributed by atoms with Crippen LogP contribution in [0, 0.1) is 0 Å². The number of hydrogen-bond acceptors (Lipinski definition) is 8. The Hall–Kier alpha value is -4.66. The zero-order chi connectivity index (χ0) is 26.8. The van der Waals surface area contributed by atoms with Crippen molar-refractivity contribution in [2.45, 2.75) is 12.6 Å². The Kier molecular flexibility index (Phi) is 6.83. The van der Waals surface area contributed by atoms with Crippen LogP contribution in [-0.2, 0) is 16.1 Å². The SMILES string of the molecule is COc1cc(C2C(=C(O)c3ccc4c(c3)OCCO4)C(=O)C(=O)N2Cc2ccccc2)cc(OC)c1OC. The molecule has 38 heavy (non-hydrogen) atoms. The first-order valence-electron chi connectivity index (χ1n) is 12.0. The van der Waals surface area contributed by atoms with Gasteiger partial charge in [-0.3, -0.25) is 9.59 Å². The van der Waals surface area contributed by atoms with Gasteiger partial charge in [0.1, 0.15) is 19.0 Å². The number of hydrogen-bond donors (Lipinski definition) is 1. The molecule has 3 aromatic carbocycles. The van der Waals surface area contributed by atoms with E-state index < -0.39 is 17.7 Å². The number of likely N-dealkylation sites (tertiary alicyclic amines) is 1. The molecule has 5 rings (SSSR count). The van der Waals surface area contributed by atoms with Crippen LogP contribution >= 0.6 is 0 Å². The third kappa shape index (κ3) is 4.36. The lowest BCUT2D eigenvalue weighted by atomic mass is 9.94. The molecule has 2 aliphatic heterocycles. The molecule has 0 bridgehead atoms. The Morgan fingerprint density at radius 1 is 0.895 bits per heavy atom. The third-order valence-electron chi connectivity index (χ3n) is 6.55. The van der Waals surface area contributed by atoms with Crippen molar-refractivity contribution in [3.8, 4) is 28.7 Å². The van der Waals surface area contributed by atoms with Gasteiger partial charge in [-0.15, -0.1) is 0 Å². The average Bonchev–Trinajstić information content (AvgIpc) is 3.21. The van der Waals surface area contributed by atoms with Crippen molar-refractivity contribution in [1.82, 2.24) is 4.90 Å². The summed E-state index contributed by atoms with van der Waals surface area (Å²) >= 11 is 0. The number of Topliss-reactive ketones (excluding diaryl/α,β-unsaturated/α-hetero) is 1. The van der Waals surface area contributed by atoms with E-state index in [4.69, 9.17) is 23.7 Å². The molecule has 1 N–H and O–H groups in total. The van der Waals surface area contributed by atoms with Gasteiger partial charge in [0.25, 0.3) is 11.7 Å². The minimum atomic E-state index is -0.933. The van der Waals surface area contributed by atoms with Gasteiger partial charge in [0.05, 0.1) is 32.9 Å². The molecular weight excluding hydrogens is 490 g/mol. The molecule has 1 atom stereocenters. The lowest BCUT2D eigenvalue weighted by Gasteiger charge is -2.27. The van der Waals surface area contributed by atoms with Gasteiger partial charge in [-0.05, 0) is 41.5 Å². The first kappa shape index (κ1) is 25.0. The molecule has 196 valence electrons. The highest BCUT2D eigenvalue weighted by Gasteiger charge is 2.46. The Morgan fingerprint density at radius 3 is 2.18 bits per heavy atom. The monoisotopic (exact) mass is 517 g/mol. The fourth-order valence-corrected chi connectivity index (χ4v) is 4.78. The van der Waals surface area contributed by atoms with Gasteiger partial charge in [-0.1, -0.05) is 30.3 Å². The molecule has 0 saturated carbocycles. The van der Waals surface area contributed by atoms with E-state index >= 15 is 0 Å². The zero-order valence-electron chi connectivity index (χ0n) is 21.2. The summed E-state index contributed by atoms with van der Waals surface area (Å²) in [6, 6.07) is 16.6. The van der Waals surface area contributed by atoms with Gasteiger partial charge in [0.2, 0.25) is 5.75 Å². The Bertz CT molecular complexity index is 1390. The molecule has 1 unspecified atom stereocenters. The summed E-state index contributed by atoms with van der Waals surface area (Å²) in [5, 5.41) is 11.5. The molecular formula is C29H27NO8. The largest absolute Gasteiger partial charge is 0.507 e. The quantitative estimate of drug-likeness (QED) is 0.284. The van der Waals surface area contributed by atoms with Crippen LogP contribution in [0.15, 0.2) is 66.2 Å². The summed E-state index contributed by atoms with van der Waals surface area (Å²) in [4.78, 5) is 28.3. The van der Waals surface area contributed by atoms with Crippen molar-refractivity contribution < 1.29 is 38.4 Å². The fourth-order valence-electron chi connectivity index (χ4n) is 4.78. The molecule has 0 aromatic heterocycles. The number of benzene rings is 3. The predicted octanol–water partition coefficient (Wildman–Crippen LogP) is 4.11. The molecule has 1 amide bonds. The summed E-state index contributed by atoms with van der Waals surface area (Å²) in [6.07, 6.45) is 0. The number of methoxy groups -OCH3 is 3. The highest BCUT2D eigenvalue weighted by atomic mass is 16.6. The van der Waals surface area contributed by atoms with Crippen molar-refractivity contribution in [2.75, 3.05) is 34.5 Å². The Balaban J connectivity index is 1.70. The fraction of sp³-hybridized carbons (Fsp3) is 0.241. The van der Waals surface area contributed by atoms with E-state index in [9.17, 15) is 14.7 Å². The molecule has 9 nitrogen and oxygen atoms in total. The van der Waals surface area contributed by atoms with Gasteiger partial charge in [0.15, 0.2) is 23.0 Å². The molecule has 0 spiro atoms. The maximum Gasteiger partial charge on any atom is 0.295 e. The Morgan fingerprint density at radius 2 is 1.55 bits per heavy atom. The van der Waals surface area contributed by atoms with E-state index in [1.165, 1.54) is 26.2 Å². The van der Waals surface area contributed by atoms with Gasteiger partial charge in [-0.25, -0.2) is 0 Å². The number of ether oxygens (including phenoxy) is 5. The van der Waals surface area contributed by atoms with E-state index in [-0.39, 0.29) is 17.9 Å². The number of amides is 1. The van der Waals surface area contributed by atoms with E-state index in [0.717, 1.165) is 5.56 Å². The van der Waals surface area contributed by atoms with Crippen LogP contribution in [0.3, 0.4) is 0 Å². The first-order valence-corrected chi connectivity index (χ1v) is 12.0. The molecule has 1 fully saturated rings. The lowest BCUT2D eigenvalue weighted by molar-refractivity contribution is -0.140. The van der Waals surface area contributed by atoms with Crippen LogP contribution in [0.2, 0.25) is 0 Å². The number of nitrogens with zero attached hydrogens (tertiary/aromatic N) is 1. The molecule has 0 aliphatic carbocycles. The van der Waals surface area contributed by atoms with E-state index in [2.05, 4.69) is 0 Å². The molecule has 1 saturated heterocycles. The zero-order valence-corrected chi connectivity index (χ0v) is 21.2. The van der Waals surface area contributed by atoms with Crippen molar-refractivity contribution in [3.05, 3.63) is 82.9 Å². The molecule has 2 heterocycles. The second kappa shape index (κ2) is 10.4. The smallest absolute Gasteiger partial charge is 0.295 e. The number of aliphatic hydroxyl groups is 1. The van der Waals surface area contributed by atoms with E-state index in [1.807, 2.05) is 30.3 Å². The number of aliphatic hydroxyl groups excluding tert-OH is 1. The summed E-state index contributed by atoms with van der Waals surface area (Å²) in [5.41, 5.74) is 1.60. The summed E-state index contributed by atoms with van der Waals surface area (Å²) in [7, 11) is 4.46. The lowest BCUT2D eigenvalue weighted by Crippen LogP contribution is -2.29. The van der Waals surface area contributed by atoms with Gasteiger partial charge in [-0.2, -0.15) is 0 Å². The van der Waals surface area contributed by atoms with Gasteiger partial charge in [0, 0.05) is 12.1 Å². The molecule has 3 aromatic rings. The number of ketones is 1. The highest BCUT2D eigenvalue weighted by molar-refractivity contribution is 6.46. The van der Waals surface area contributed by atoms with Crippen LogP contribution in [0.1, 0.15) is 22.7 Å². The van der Waals surface area contributed by atoms with Crippen molar-refractivity contribution in [3.63, 3.8) is 0 Å². The highest BCUT2D eigenvalue weighted by Crippen LogP contribution is 2.46. The maximum atomic E-state index is 13.5. The first-order chi connectivity index (χ1) is 18.5. The number of fused-ring (bicyclic) bond motifs is 1. The third-order valence-corrected chi connectivity index (χ3v) is 6.55. The predicted molar refractivity (Wildman–Crippen MR) is 138 cm³/mol. The van der Waals surface area contributed by atoms with Crippen LogP contribution in [0.25, 0.3) is 5.76 Å². The second-order valence-corrected chi connectivity index (χ2v) is 8.73. The van der Waals surface area contributed by atoms with Crippen LogP contribution in [-0.4, -0.2) is 56.2 Å². The second-order valence-electron chi connectivity index (χ2n) is 8.73. The van der Waals surface area contributed by atoms with E-state index in [0.29, 0.717) is 53.1 Å². The molecule has 9 heteroatoms. The number of rotatable bonds is 7. The average molecular weight is 518 g/mol. The van der Waals surface area contributed by atoms with E-state index in [1.54, 1.807) is 30.3 Å². The number of carbonyl (C=O) groups is 2. The molecule has 0 radical (unpaired) electrons. The van der Waals surface area contributed by atoms with Crippen molar-refractivity contribution in [1.29, 1.82) is 0 Å². The number of carbonyl (C=O) groups excluding carboxylic acids is 2. The maximum absolute atomic E-state index is 13.5.